The maximum atomic E-state index is 12.7. The first-order chi connectivity index (χ1) is 12.4. The molecule has 3 aromatic rings. The van der Waals surface area contributed by atoms with E-state index in [1.807, 2.05) is 30.3 Å². The summed E-state index contributed by atoms with van der Waals surface area (Å²) in [6, 6.07) is 15.0. The number of amides is 2. The molecule has 8 heteroatoms. The number of aromatic nitrogens is 2. The molecule has 0 aliphatic rings. The molecule has 2 N–H and O–H groups in total. The van der Waals surface area contributed by atoms with Crippen molar-refractivity contribution in [2.45, 2.75) is 12.7 Å². The quantitative estimate of drug-likeness (QED) is 0.715. The zero-order valence-electron chi connectivity index (χ0n) is 13.5. The molecule has 3 rings (SSSR count). The Labute approximate surface area is 147 Å². The van der Waals surface area contributed by atoms with E-state index in [-0.39, 0.29) is 5.69 Å². The molecule has 0 radical (unpaired) electrons. The Morgan fingerprint density at radius 2 is 1.77 bits per heavy atom. The van der Waals surface area contributed by atoms with Crippen LogP contribution in [0, 0.1) is 0 Å². The first kappa shape index (κ1) is 17.5. The third-order valence-electron chi connectivity index (χ3n) is 3.52. The van der Waals surface area contributed by atoms with Crippen molar-refractivity contribution in [1.29, 1.82) is 0 Å². The minimum Gasteiger partial charge on any atom is -0.308 e. The molecule has 0 saturated heterocycles. The number of urea groups is 1. The second kappa shape index (κ2) is 7.30. The minimum absolute atomic E-state index is 0.0426. The molecule has 2 amide bonds. The summed E-state index contributed by atoms with van der Waals surface area (Å²) >= 11 is 0. The van der Waals surface area contributed by atoms with Gasteiger partial charge < -0.3 is 5.32 Å². The third kappa shape index (κ3) is 4.62. The van der Waals surface area contributed by atoms with E-state index in [2.05, 4.69) is 15.7 Å². The molecule has 0 atom stereocenters. The van der Waals surface area contributed by atoms with E-state index < -0.39 is 17.8 Å². The SMILES string of the molecule is O=C(Nc1cccc(C(F)(F)F)c1)Nc1ccn(Cc2ccccc2)n1. The fraction of sp³-hybridized carbons (Fsp3) is 0.111. The fourth-order valence-electron chi connectivity index (χ4n) is 2.34. The van der Waals surface area contributed by atoms with Gasteiger partial charge >= 0.3 is 12.2 Å². The number of rotatable bonds is 4. The second-order valence-electron chi connectivity index (χ2n) is 5.54. The lowest BCUT2D eigenvalue weighted by molar-refractivity contribution is -0.137. The number of carbonyl (C=O) groups is 1. The van der Waals surface area contributed by atoms with Crippen LogP contribution in [0.4, 0.5) is 29.5 Å². The molecule has 0 unspecified atom stereocenters. The summed E-state index contributed by atoms with van der Waals surface area (Å²) in [5.74, 6) is 0.297. The summed E-state index contributed by atoms with van der Waals surface area (Å²) in [7, 11) is 0. The summed E-state index contributed by atoms with van der Waals surface area (Å²) in [4.78, 5) is 12.0. The lowest BCUT2D eigenvalue weighted by Crippen LogP contribution is -2.20. The van der Waals surface area contributed by atoms with Crippen molar-refractivity contribution >= 4 is 17.5 Å². The smallest absolute Gasteiger partial charge is 0.308 e. The average Bonchev–Trinajstić information content (AvgIpc) is 3.02. The predicted molar refractivity (Wildman–Crippen MR) is 91.9 cm³/mol. The zero-order chi connectivity index (χ0) is 18.6. The predicted octanol–water partition coefficient (Wildman–Crippen LogP) is 4.59. The van der Waals surface area contributed by atoms with E-state index >= 15 is 0 Å². The summed E-state index contributed by atoms with van der Waals surface area (Å²) in [5.41, 5.74) is 0.263. The van der Waals surface area contributed by atoms with Crippen LogP contribution in [0.1, 0.15) is 11.1 Å². The number of nitrogens with one attached hydrogen (secondary N) is 2. The highest BCUT2D eigenvalue weighted by Gasteiger charge is 2.30. The van der Waals surface area contributed by atoms with Gasteiger partial charge in [0.25, 0.3) is 0 Å². The number of hydrogen-bond donors (Lipinski definition) is 2. The fourth-order valence-corrected chi connectivity index (χ4v) is 2.34. The van der Waals surface area contributed by atoms with Crippen molar-refractivity contribution in [2.24, 2.45) is 0 Å². The van der Waals surface area contributed by atoms with Gasteiger partial charge in [0.1, 0.15) is 0 Å². The first-order valence-corrected chi connectivity index (χ1v) is 7.73. The number of benzene rings is 2. The van der Waals surface area contributed by atoms with Gasteiger partial charge in [-0.05, 0) is 23.8 Å². The number of carbonyl (C=O) groups excluding carboxylic acids is 1. The topological polar surface area (TPSA) is 59.0 Å². The van der Waals surface area contributed by atoms with E-state index in [1.54, 1.807) is 16.9 Å². The molecule has 0 bridgehead atoms. The Balaban J connectivity index is 1.60. The van der Waals surface area contributed by atoms with Crippen LogP contribution >= 0.6 is 0 Å². The highest BCUT2D eigenvalue weighted by atomic mass is 19.4. The minimum atomic E-state index is -4.47. The number of hydrogen-bond acceptors (Lipinski definition) is 2. The molecule has 0 fully saturated rings. The monoisotopic (exact) mass is 360 g/mol. The number of nitrogens with zero attached hydrogens (tertiary/aromatic N) is 2. The van der Waals surface area contributed by atoms with Crippen molar-refractivity contribution in [1.82, 2.24) is 9.78 Å². The van der Waals surface area contributed by atoms with Crippen LogP contribution in [0.5, 0.6) is 0 Å². The Morgan fingerprint density at radius 3 is 2.50 bits per heavy atom. The van der Waals surface area contributed by atoms with Crippen molar-refractivity contribution < 1.29 is 18.0 Å². The Kier molecular flexibility index (Phi) is 4.92. The lowest BCUT2D eigenvalue weighted by atomic mass is 10.2. The molecule has 0 aliphatic carbocycles. The molecule has 5 nitrogen and oxygen atoms in total. The molecule has 0 saturated carbocycles. The maximum Gasteiger partial charge on any atom is 0.416 e. The van der Waals surface area contributed by atoms with Gasteiger partial charge in [-0.25, -0.2) is 4.79 Å². The number of anilines is 2. The van der Waals surface area contributed by atoms with Crippen molar-refractivity contribution in [3.05, 3.63) is 78.0 Å². The summed E-state index contributed by atoms with van der Waals surface area (Å²) in [6.45, 7) is 0.539. The maximum absolute atomic E-state index is 12.7. The first-order valence-electron chi connectivity index (χ1n) is 7.73. The molecular weight excluding hydrogens is 345 g/mol. The van der Waals surface area contributed by atoms with Gasteiger partial charge in [0, 0.05) is 18.0 Å². The van der Waals surface area contributed by atoms with Gasteiger partial charge in [0.05, 0.1) is 12.1 Å². The summed E-state index contributed by atoms with van der Waals surface area (Å²) in [5, 5.41) is 9.06. The third-order valence-corrected chi connectivity index (χ3v) is 3.52. The molecule has 1 heterocycles. The Morgan fingerprint density at radius 1 is 1.00 bits per heavy atom. The van der Waals surface area contributed by atoms with Crippen LogP contribution in [0.15, 0.2) is 66.9 Å². The largest absolute Gasteiger partial charge is 0.416 e. The standard InChI is InChI=1S/C18H15F3N4O/c19-18(20,21)14-7-4-8-15(11-14)22-17(26)23-16-9-10-25(24-16)12-13-5-2-1-3-6-13/h1-11H,12H2,(H2,22,23,24,26). The van der Waals surface area contributed by atoms with E-state index in [1.165, 1.54) is 12.1 Å². The Bertz CT molecular complexity index is 891. The van der Waals surface area contributed by atoms with E-state index in [4.69, 9.17) is 0 Å². The van der Waals surface area contributed by atoms with Crippen LogP contribution in [0.2, 0.25) is 0 Å². The number of alkyl halides is 3. The zero-order valence-corrected chi connectivity index (χ0v) is 13.5. The van der Waals surface area contributed by atoms with Gasteiger partial charge in [0.2, 0.25) is 0 Å². The normalized spacial score (nSPS) is 11.2. The van der Waals surface area contributed by atoms with Gasteiger partial charge in [-0.2, -0.15) is 18.3 Å². The highest BCUT2D eigenvalue weighted by molar-refractivity contribution is 5.99. The van der Waals surface area contributed by atoms with Gasteiger partial charge in [-0.3, -0.25) is 10.00 Å². The van der Waals surface area contributed by atoms with E-state index in [0.717, 1.165) is 17.7 Å². The van der Waals surface area contributed by atoms with Crippen LogP contribution < -0.4 is 10.6 Å². The molecule has 2 aromatic carbocycles. The van der Waals surface area contributed by atoms with Gasteiger partial charge in [0.15, 0.2) is 5.82 Å². The second-order valence-corrected chi connectivity index (χ2v) is 5.54. The van der Waals surface area contributed by atoms with Crippen LogP contribution in [-0.2, 0) is 12.7 Å². The van der Waals surface area contributed by atoms with Crippen molar-refractivity contribution in [3.63, 3.8) is 0 Å². The number of halogens is 3. The Hall–Kier alpha value is -3.29. The summed E-state index contributed by atoms with van der Waals surface area (Å²) < 4.78 is 39.7. The van der Waals surface area contributed by atoms with E-state index in [9.17, 15) is 18.0 Å². The summed E-state index contributed by atoms with van der Waals surface area (Å²) in [6.07, 6.45) is -2.77. The van der Waals surface area contributed by atoms with Crippen LogP contribution in [-0.4, -0.2) is 15.8 Å². The van der Waals surface area contributed by atoms with Crippen LogP contribution in [0.3, 0.4) is 0 Å². The molecule has 26 heavy (non-hydrogen) atoms. The molecule has 1 aromatic heterocycles. The lowest BCUT2D eigenvalue weighted by Gasteiger charge is -2.10. The average molecular weight is 360 g/mol. The van der Waals surface area contributed by atoms with Crippen molar-refractivity contribution in [2.75, 3.05) is 10.6 Å². The molecule has 0 spiro atoms. The van der Waals surface area contributed by atoms with E-state index in [0.29, 0.717) is 12.4 Å². The molecular formula is C18H15F3N4O. The molecule has 134 valence electrons. The highest BCUT2D eigenvalue weighted by Crippen LogP contribution is 2.30. The van der Waals surface area contributed by atoms with Gasteiger partial charge in [-0.15, -0.1) is 0 Å². The van der Waals surface area contributed by atoms with Gasteiger partial charge in [-0.1, -0.05) is 36.4 Å². The molecule has 0 aliphatic heterocycles. The van der Waals surface area contributed by atoms with Crippen molar-refractivity contribution in [3.8, 4) is 0 Å². The van der Waals surface area contributed by atoms with Crippen LogP contribution in [0.25, 0.3) is 0 Å².